The smallest absolute Gasteiger partial charge is 0.278 e. The molecule has 0 aliphatic carbocycles. The maximum Gasteiger partial charge on any atom is 0.278 e. The first-order valence-electron chi connectivity index (χ1n) is 8.73. The highest BCUT2D eigenvalue weighted by molar-refractivity contribution is 6.11. The second kappa shape index (κ2) is 11.1. The van der Waals surface area contributed by atoms with Crippen molar-refractivity contribution in [3.8, 4) is 29.4 Å². The molecule has 0 radical (unpaired) electrons. The maximum absolute atomic E-state index is 12.7. The lowest BCUT2D eigenvalue weighted by molar-refractivity contribution is -0.129. The highest BCUT2D eigenvalue weighted by atomic mass is 19.3. The van der Waals surface area contributed by atoms with Crippen LogP contribution in [-0.2, 0) is 4.79 Å². The summed E-state index contributed by atoms with van der Waals surface area (Å²) in [6.45, 7) is 0. The zero-order chi connectivity index (χ0) is 22.8. The first-order chi connectivity index (χ1) is 14.8. The molecule has 2 amide bonds. The number of ether oxygens (including phenoxy) is 1. The van der Waals surface area contributed by atoms with Gasteiger partial charge in [-0.05, 0) is 60.4 Å². The molecule has 0 aliphatic heterocycles. The van der Waals surface area contributed by atoms with Crippen LogP contribution in [0.5, 0.6) is 5.75 Å². The summed E-state index contributed by atoms with van der Waals surface area (Å²) in [7, 11) is 1.57. The lowest BCUT2D eigenvalue weighted by Crippen LogP contribution is -2.52. The van der Waals surface area contributed by atoms with Crippen LogP contribution < -0.4 is 15.5 Å². The molecule has 0 saturated carbocycles. The SMILES string of the molecule is COc1ccc(C#CC#Cc2ccc(C(=O)N[C@@H](C(=N)C(F)F)C(=O)NO)cc2)cc1. The second-order valence-corrected chi connectivity index (χ2v) is 5.94. The number of halogens is 2. The minimum atomic E-state index is -3.28. The lowest BCUT2D eigenvalue weighted by Gasteiger charge is -2.17. The van der Waals surface area contributed by atoms with Crippen molar-refractivity contribution in [2.75, 3.05) is 7.11 Å². The van der Waals surface area contributed by atoms with Crippen molar-refractivity contribution in [3.63, 3.8) is 0 Å². The van der Waals surface area contributed by atoms with E-state index in [9.17, 15) is 18.4 Å². The monoisotopic (exact) mass is 425 g/mol. The standard InChI is InChI=1S/C22H17F2N3O4/c1-31-17-12-8-15(9-13-17)5-3-2-4-14-6-10-16(11-7-14)21(28)26-19(22(29)27-30)18(25)20(23)24/h6-13,19-20,25,30H,1H3,(H,26,28)(H,27,29)/t19-/m0/s1. The van der Waals surface area contributed by atoms with Crippen LogP contribution >= 0.6 is 0 Å². The van der Waals surface area contributed by atoms with E-state index in [0.717, 1.165) is 16.8 Å². The minimum Gasteiger partial charge on any atom is -0.497 e. The summed E-state index contributed by atoms with van der Waals surface area (Å²) in [6, 6.07) is 10.9. The Balaban J connectivity index is 2.05. The van der Waals surface area contributed by atoms with Crippen molar-refractivity contribution in [2.45, 2.75) is 12.5 Å². The number of carbonyl (C=O) groups is 2. The Morgan fingerprint density at radius 3 is 1.97 bits per heavy atom. The normalized spacial score (nSPS) is 10.6. The summed E-state index contributed by atoms with van der Waals surface area (Å²) < 4.78 is 30.5. The third-order valence-electron chi connectivity index (χ3n) is 3.91. The Kier molecular flexibility index (Phi) is 8.26. The molecule has 2 aromatic carbocycles. The van der Waals surface area contributed by atoms with E-state index < -0.39 is 30.0 Å². The fourth-order valence-electron chi connectivity index (χ4n) is 2.28. The molecule has 1 atom stereocenters. The molecule has 0 aromatic heterocycles. The van der Waals surface area contributed by atoms with Gasteiger partial charge in [-0.15, -0.1) is 0 Å². The Labute approximate surface area is 176 Å². The number of amides is 2. The topological polar surface area (TPSA) is 112 Å². The van der Waals surface area contributed by atoms with E-state index in [1.54, 1.807) is 31.4 Å². The van der Waals surface area contributed by atoms with Gasteiger partial charge in [0.15, 0.2) is 6.04 Å². The molecule has 4 N–H and O–H groups in total. The number of nitrogens with one attached hydrogen (secondary N) is 3. The highest BCUT2D eigenvalue weighted by Crippen LogP contribution is 2.10. The lowest BCUT2D eigenvalue weighted by atomic mass is 10.1. The van der Waals surface area contributed by atoms with Gasteiger partial charge >= 0.3 is 0 Å². The van der Waals surface area contributed by atoms with Gasteiger partial charge in [0.2, 0.25) is 0 Å². The van der Waals surface area contributed by atoms with Crippen LogP contribution in [0.25, 0.3) is 0 Å². The highest BCUT2D eigenvalue weighted by Gasteiger charge is 2.30. The Hall–Kier alpha value is -4.21. The summed E-state index contributed by atoms with van der Waals surface area (Å²) in [6.07, 6.45) is -3.28. The number of alkyl halides is 2. The molecule has 0 aliphatic rings. The molecule has 0 saturated heterocycles. The molecule has 31 heavy (non-hydrogen) atoms. The predicted octanol–water partition coefficient (Wildman–Crippen LogP) is 1.99. The third-order valence-corrected chi connectivity index (χ3v) is 3.91. The quantitative estimate of drug-likeness (QED) is 0.245. The van der Waals surface area contributed by atoms with Crippen molar-refractivity contribution in [3.05, 3.63) is 65.2 Å². The first kappa shape index (κ1) is 23.1. The van der Waals surface area contributed by atoms with Gasteiger partial charge in [-0.2, -0.15) is 0 Å². The van der Waals surface area contributed by atoms with Crippen LogP contribution in [0.15, 0.2) is 48.5 Å². The molecule has 2 aromatic rings. The van der Waals surface area contributed by atoms with Crippen LogP contribution in [0.2, 0.25) is 0 Å². The number of rotatable bonds is 6. The largest absolute Gasteiger partial charge is 0.497 e. The third kappa shape index (κ3) is 6.67. The average Bonchev–Trinajstić information content (AvgIpc) is 2.79. The molecule has 2 rings (SSSR count). The van der Waals surface area contributed by atoms with E-state index in [1.807, 2.05) is 5.32 Å². The molecule has 158 valence electrons. The zero-order valence-corrected chi connectivity index (χ0v) is 16.2. The molecule has 0 heterocycles. The van der Waals surface area contributed by atoms with Gasteiger partial charge in [-0.25, -0.2) is 14.3 Å². The van der Waals surface area contributed by atoms with Gasteiger partial charge in [0.05, 0.1) is 7.11 Å². The summed E-state index contributed by atoms with van der Waals surface area (Å²) >= 11 is 0. The van der Waals surface area contributed by atoms with Crippen LogP contribution in [0.4, 0.5) is 8.78 Å². The molecule has 7 nitrogen and oxygen atoms in total. The van der Waals surface area contributed by atoms with Gasteiger partial charge < -0.3 is 15.5 Å². The number of methoxy groups -OCH3 is 1. The molecule has 0 fully saturated rings. The number of hydrogen-bond donors (Lipinski definition) is 4. The predicted molar refractivity (Wildman–Crippen MR) is 108 cm³/mol. The molecular weight excluding hydrogens is 408 g/mol. The average molecular weight is 425 g/mol. The maximum atomic E-state index is 12.7. The second-order valence-electron chi connectivity index (χ2n) is 5.94. The molecule has 9 heteroatoms. The molecule has 0 bridgehead atoms. The summed E-state index contributed by atoms with van der Waals surface area (Å²) in [4.78, 5) is 23.7. The van der Waals surface area contributed by atoms with Crippen molar-refractivity contribution >= 4 is 17.5 Å². The molecule has 0 spiro atoms. The van der Waals surface area contributed by atoms with Gasteiger partial charge in [0.25, 0.3) is 18.2 Å². The van der Waals surface area contributed by atoms with Crippen LogP contribution in [-0.4, -0.2) is 42.3 Å². The van der Waals surface area contributed by atoms with Gasteiger partial charge in [0.1, 0.15) is 11.5 Å². The van der Waals surface area contributed by atoms with Gasteiger partial charge in [0, 0.05) is 16.7 Å². The Morgan fingerprint density at radius 1 is 1.00 bits per heavy atom. The number of carbonyl (C=O) groups excluding carboxylic acids is 2. The van der Waals surface area contributed by atoms with E-state index in [2.05, 4.69) is 23.7 Å². The van der Waals surface area contributed by atoms with Crippen molar-refractivity contribution in [2.24, 2.45) is 0 Å². The van der Waals surface area contributed by atoms with E-state index >= 15 is 0 Å². The summed E-state index contributed by atoms with van der Waals surface area (Å²) in [5.74, 6) is 9.53. The van der Waals surface area contributed by atoms with Crippen LogP contribution in [0, 0.1) is 29.1 Å². The minimum absolute atomic E-state index is 0.0488. The number of benzene rings is 2. The fourth-order valence-corrected chi connectivity index (χ4v) is 2.28. The summed E-state index contributed by atoms with van der Waals surface area (Å²) in [5.41, 5.74) is 1.16. The molecular formula is C22H17F2N3O4. The Bertz CT molecular complexity index is 1080. The van der Waals surface area contributed by atoms with E-state index in [1.165, 1.54) is 24.3 Å². The fraction of sp³-hybridized carbons (Fsp3) is 0.136. The van der Waals surface area contributed by atoms with Gasteiger partial charge in [-0.1, -0.05) is 11.8 Å². The van der Waals surface area contributed by atoms with Crippen LogP contribution in [0.1, 0.15) is 21.5 Å². The number of hydrogen-bond acceptors (Lipinski definition) is 5. The number of hydroxylamine groups is 1. The first-order valence-corrected chi connectivity index (χ1v) is 8.73. The van der Waals surface area contributed by atoms with Crippen molar-refractivity contribution < 1.29 is 28.3 Å². The zero-order valence-electron chi connectivity index (χ0n) is 16.2. The van der Waals surface area contributed by atoms with Crippen molar-refractivity contribution in [1.29, 1.82) is 5.41 Å². The van der Waals surface area contributed by atoms with Crippen molar-refractivity contribution in [1.82, 2.24) is 10.8 Å². The van der Waals surface area contributed by atoms with E-state index in [4.69, 9.17) is 15.4 Å². The molecule has 0 unspecified atom stereocenters. The van der Waals surface area contributed by atoms with E-state index in [0.29, 0.717) is 5.56 Å². The van der Waals surface area contributed by atoms with Gasteiger partial charge in [-0.3, -0.25) is 14.8 Å². The summed E-state index contributed by atoms with van der Waals surface area (Å²) in [5, 5.41) is 17.8. The Morgan fingerprint density at radius 2 is 1.52 bits per heavy atom. The van der Waals surface area contributed by atoms with Crippen LogP contribution in [0.3, 0.4) is 0 Å². The van der Waals surface area contributed by atoms with E-state index in [-0.39, 0.29) is 5.56 Å².